The summed E-state index contributed by atoms with van der Waals surface area (Å²) < 4.78 is 36.7. The molecule has 0 aromatic heterocycles. The van der Waals surface area contributed by atoms with Crippen LogP contribution in [-0.2, 0) is 15.5 Å². The van der Waals surface area contributed by atoms with Crippen molar-refractivity contribution in [1.82, 2.24) is 0 Å². The average molecular weight is 272 g/mol. The fourth-order valence-corrected chi connectivity index (χ4v) is 1.52. The maximum atomic E-state index is 13.8. The molecule has 0 aliphatic rings. The van der Waals surface area contributed by atoms with E-state index < -0.39 is 17.5 Å². The Labute approximate surface area is 109 Å². The van der Waals surface area contributed by atoms with E-state index in [4.69, 9.17) is 4.74 Å². The first-order valence-corrected chi connectivity index (χ1v) is 5.59. The predicted octanol–water partition coefficient (Wildman–Crippen LogP) is 2.55. The predicted molar refractivity (Wildman–Crippen MR) is 63.5 cm³/mol. The highest BCUT2D eigenvalue weighted by atomic mass is 19.3. The highest BCUT2D eigenvalue weighted by Gasteiger charge is 2.43. The van der Waals surface area contributed by atoms with Gasteiger partial charge in [-0.25, -0.2) is 4.79 Å². The van der Waals surface area contributed by atoms with Crippen molar-refractivity contribution in [3.05, 3.63) is 29.3 Å². The van der Waals surface area contributed by atoms with Crippen LogP contribution in [0.1, 0.15) is 29.8 Å². The number of carbonyl (C=O) groups is 2. The van der Waals surface area contributed by atoms with Crippen LogP contribution in [-0.4, -0.2) is 25.5 Å². The molecule has 6 heteroatoms. The van der Waals surface area contributed by atoms with Crippen molar-refractivity contribution < 1.29 is 27.8 Å². The van der Waals surface area contributed by atoms with E-state index in [-0.39, 0.29) is 23.7 Å². The largest absolute Gasteiger partial charge is 0.496 e. The Balaban J connectivity index is 3.21. The van der Waals surface area contributed by atoms with Crippen molar-refractivity contribution >= 4 is 11.8 Å². The minimum absolute atomic E-state index is 0.00558. The fraction of sp³-hybridized carbons (Fsp3) is 0.385. The molecule has 0 amide bonds. The summed E-state index contributed by atoms with van der Waals surface area (Å²) in [5.74, 6) is -5.73. The van der Waals surface area contributed by atoms with Gasteiger partial charge in [-0.3, -0.25) is 4.79 Å². The van der Waals surface area contributed by atoms with Crippen molar-refractivity contribution in [1.29, 1.82) is 0 Å². The maximum absolute atomic E-state index is 13.8. The minimum atomic E-state index is -3.78. The molecule has 1 aromatic rings. The van der Waals surface area contributed by atoms with Crippen LogP contribution < -0.4 is 4.74 Å². The first kappa shape index (κ1) is 15.1. The molecule has 0 N–H and O–H groups in total. The van der Waals surface area contributed by atoms with E-state index >= 15 is 0 Å². The summed E-state index contributed by atoms with van der Waals surface area (Å²) in [6.07, 6.45) is 0. The summed E-state index contributed by atoms with van der Waals surface area (Å²) in [6, 6.07) is 3.17. The van der Waals surface area contributed by atoms with Crippen molar-refractivity contribution in [2.45, 2.75) is 19.8 Å². The van der Waals surface area contributed by atoms with E-state index in [0.29, 0.717) is 0 Å². The molecule has 0 atom stereocenters. The van der Waals surface area contributed by atoms with Crippen LogP contribution in [0.4, 0.5) is 8.78 Å². The van der Waals surface area contributed by atoms with Crippen LogP contribution in [0, 0.1) is 0 Å². The fourth-order valence-electron chi connectivity index (χ4n) is 1.52. The molecule has 19 heavy (non-hydrogen) atoms. The molecule has 1 aromatic carbocycles. The molecule has 0 aliphatic heterocycles. The molecule has 0 radical (unpaired) electrons. The molecule has 0 saturated carbocycles. The number of hydrogen-bond acceptors (Lipinski definition) is 4. The van der Waals surface area contributed by atoms with Gasteiger partial charge in [0.2, 0.25) is 0 Å². The zero-order chi connectivity index (χ0) is 14.6. The number of esters is 1. The molecule has 0 spiro atoms. The summed E-state index contributed by atoms with van der Waals surface area (Å²) in [5.41, 5.74) is -0.404. The smallest absolute Gasteiger partial charge is 0.381 e. The number of hydrogen-bond donors (Lipinski definition) is 0. The average Bonchev–Trinajstić information content (AvgIpc) is 2.37. The van der Waals surface area contributed by atoms with Crippen molar-refractivity contribution in [3.8, 4) is 5.75 Å². The van der Waals surface area contributed by atoms with E-state index in [9.17, 15) is 18.4 Å². The second-order valence-electron chi connectivity index (χ2n) is 3.77. The number of alkyl halides is 2. The quantitative estimate of drug-likeness (QED) is 0.610. The molecule has 4 nitrogen and oxygen atoms in total. The lowest BCUT2D eigenvalue weighted by molar-refractivity contribution is -0.173. The summed E-state index contributed by atoms with van der Waals surface area (Å²) in [5, 5.41) is 0. The third-order valence-corrected chi connectivity index (χ3v) is 2.48. The Morgan fingerprint density at radius 1 is 1.32 bits per heavy atom. The molecule has 1 rings (SSSR count). The van der Waals surface area contributed by atoms with Crippen molar-refractivity contribution in [2.75, 3.05) is 13.7 Å². The normalized spacial score (nSPS) is 11.0. The van der Waals surface area contributed by atoms with Gasteiger partial charge in [-0.05, 0) is 26.0 Å². The lowest BCUT2D eigenvalue weighted by Crippen LogP contribution is -2.28. The summed E-state index contributed by atoms with van der Waals surface area (Å²) in [6.45, 7) is 2.59. The molecule has 0 saturated heterocycles. The molecule has 0 heterocycles. The number of carbonyl (C=O) groups excluding carboxylic acids is 2. The van der Waals surface area contributed by atoms with Gasteiger partial charge < -0.3 is 9.47 Å². The number of benzene rings is 1. The lowest BCUT2D eigenvalue weighted by atomic mass is 10.0. The molecular formula is C13H14F2O4. The van der Waals surface area contributed by atoms with Gasteiger partial charge in [0.1, 0.15) is 5.75 Å². The van der Waals surface area contributed by atoms with Gasteiger partial charge in [0.25, 0.3) is 0 Å². The lowest BCUT2D eigenvalue weighted by Gasteiger charge is -2.16. The minimum Gasteiger partial charge on any atom is -0.496 e. The van der Waals surface area contributed by atoms with Gasteiger partial charge in [-0.1, -0.05) is 6.07 Å². The summed E-state index contributed by atoms with van der Waals surface area (Å²) in [7, 11) is 1.26. The zero-order valence-electron chi connectivity index (χ0n) is 10.8. The second-order valence-corrected chi connectivity index (χ2v) is 3.77. The van der Waals surface area contributed by atoms with Crippen LogP contribution in [0.15, 0.2) is 18.2 Å². The summed E-state index contributed by atoms with van der Waals surface area (Å²) >= 11 is 0. The van der Waals surface area contributed by atoms with E-state index in [2.05, 4.69) is 4.74 Å². The first-order chi connectivity index (χ1) is 8.84. The summed E-state index contributed by atoms with van der Waals surface area (Å²) in [4.78, 5) is 22.5. The van der Waals surface area contributed by atoms with Crippen LogP contribution in [0.25, 0.3) is 0 Å². The number of ether oxygens (including phenoxy) is 2. The molecule has 0 aliphatic carbocycles. The molecule has 0 unspecified atom stereocenters. The van der Waals surface area contributed by atoms with Gasteiger partial charge in [-0.15, -0.1) is 0 Å². The monoisotopic (exact) mass is 272 g/mol. The van der Waals surface area contributed by atoms with E-state index in [0.717, 1.165) is 12.1 Å². The van der Waals surface area contributed by atoms with Crippen LogP contribution in [0.5, 0.6) is 5.75 Å². The Bertz CT molecular complexity index is 497. The van der Waals surface area contributed by atoms with Gasteiger partial charge in [0.05, 0.1) is 19.3 Å². The Kier molecular flexibility index (Phi) is 4.58. The highest BCUT2D eigenvalue weighted by molar-refractivity contribution is 5.97. The second kappa shape index (κ2) is 5.77. The molecule has 0 bridgehead atoms. The molecule has 0 fully saturated rings. The number of ketones is 1. The van der Waals surface area contributed by atoms with E-state index in [1.807, 2.05) is 0 Å². The van der Waals surface area contributed by atoms with Crippen LogP contribution in [0.3, 0.4) is 0 Å². The maximum Gasteiger partial charge on any atom is 0.381 e. The first-order valence-electron chi connectivity index (χ1n) is 5.59. The van der Waals surface area contributed by atoms with Gasteiger partial charge >= 0.3 is 11.9 Å². The molecular weight excluding hydrogens is 258 g/mol. The topological polar surface area (TPSA) is 52.6 Å². The zero-order valence-corrected chi connectivity index (χ0v) is 10.8. The van der Waals surface area contributed by atoms with Crippen molar-refractivity contribution in [3.63, 3.8) is 0 Å². The van der Waals surface area contributed by atoms with E-state index in [1.54, 1.807) is 0 Å². The highest BCUT2D eigenvalue weighted by Crippen LogP contribution is 2.33. The number of halogens is 2. The Morgan fingerprint density at radius 3 is 2.42 bits per heavy atom. The van der Waals surface area contributed by atoms with Gasteiger partial charge in [0.15, 0.2) is 5.78 Å². The Morgan fingerprint density at radius 2 is 1.95 bits per heavy atom. The van der Waals surface area contributed by atoms with Gasteiger partial charge in [0, 0.05) is 5.56 Å². The third-order valence-electron chi connectivity index (χ3n) is 2.48. The van der Waals surface area contributed by atoms with Crippen LogP contribution in [0.2, 0.25) is 0 Å². The Hall–Kier alpha value is -1.98. The number of methoxy groups -OCH3 is 1. The molecule has 104 valence electrons. The number of rotatable bonds is 5. The van der Waals surface area contributed by atoms with Crippen molar-refractivity contribution in [2.24, 2.45) is 0 Å². The van der Waals surface area contributed by atoms with Gasteiger partial charge in [-0.2, -0.15) is 8.78 Å². The standard InChI is InChI=1S/C13H14F2O4/c1-4-19-12(17)13(14,15)9-5-6-10(8(2)16)11(7-9)18-3/h5-7H,4H2,1-3H3. The third kappa shape index (κ3) is 3.07. The van der Waals surface area contributed by atoms with Crippen LogP contribution >= 0.6 is 0 Å². The number of Topliss-reactive ketones (excluding diaryl/α,β-unsaturated/α-hetero) is 1. The SMILES string of the molecule is CCOC(=O)C(F)(F)c1ccc(C(C)=O)c(OC)c1. The van der Waals surface area contributed by atoms with E-state index in [1.165, 1.54) is 27.0 Å².